The fourth-order valence-corrected chi connectivity index (χ4v) is 1.79. The molecular weight excluding hydrogens is 284 g/mol. The van der Waals surface area contributed by atoms with Gasteiger partial charge in [0.05, 0.1) is 12.8 Å². The number of methoxy groups -OCH3 is 1. The molecule has 0 atom stereocenters. The van der Waals surface area contributed by atoms with Crippen molar-refractivity contribution in [3.05, 3.63) is 54.4 Å². The molecule has 0 spiro atoms. The van der Waals surface area contributed by atoms with Crippen molar-refractivity contribution in [1.82, 2.24) is 10.4 Å². The van der Waals surface area contributed by atoms with Gasteiger partial charge in [0.15, 0.2) is 5.11 Å². The molecule has 2 rings (SSSR count). The quantitative estimate of drug-likeness (QED) is 0.516. The summed E-state index contributed by atoms with van der Waals surface area (Å²) >= 11 is 5.19. The second-order valence-electron chi connectivity index (χ2n) is 4.23. The molecule has 0 radical (unpaired) electrons. The van der Waals surface area contributed by atoms with Crippen LogP contribution in [0, 0.1) is 0 Å². The van der Waals surface area contributed by atoms with Crippen LogP contribution in [-0.2, 0) is 0 Å². The number of hydrogen-bond acceptors (Lipinski definition) is 4. The first-order chi connectivity index (χ1) is 10.2. The normalized spacial score (nSPS) is 10.9. The van der Waals surface area contributed by atoms with Crippen LogP contribution in [0.3, 0.4) is 0 Å². The molecule has 2 N–H and O–H groups in total. The maximum absolute atomic E-state index is 5.19. The van der Waals surface area contributed by atoms with Crippen LogP contribution in [0.5, 0.6) is 5.75 Å². The van der Waals surface area contributed by atoms with E-state index in [4.69, 9.17) is 17.0 Å². The molecule has 2 aromatic rings. The molecule has 1 heterocycles. The first-order valence-electron chi connectivity index (χ1n) is 6.35. The van der Waals surface area contributed by atoms with E-state index in [1.54, 1.807) is 19.5 Å². The number of ether oxygens (including phenoxy) is 1. The third-order valence-corrected chi connectivity index (χ3v) is 2.96. The first kappa shape index (κ1) is 14.9. The van der Waals surface area contributed by atoms with E-state index in [-0.39, 0.29) is 0 Å². The zero-order valence-electron chi connectivity index (χ0n) is 11.8. The van der Waals surface area contributed by atoms with Gasteiger partial charge in [-0.1, -0.05) is 0 Å². The minimum Gasteiger partial charge on any atom is -0.497 e. The molecule has 21 heavy (non-hydrogen) atoms. The molecule has 0 bridgehead atoms. The van der Waals surface area contributed by atoms with Crippen LogP contribution in [0.25, 0.3) is 0 Å². The SMILES string of the molecule is COc1ccc(NC(=S)N/N=C(/C)c2ccncc2)cc1. The number of nitrogens with one attached hydrogen (secondary N) is 2. The van der Waals surface area contributed by atoms with E-state index >= 15 is 0 Å². The van der Waals surface area contributed by atoms with Gasteiger partial charge in [-0.15, -0.1) is 0 Å². The van der Waals surface area contributed by atoms with Gasteiger partial charge in [-0.25, -0.2) is 0 Å². The van der Waals surface area contributed by atoms with E-state index < -0.39 is 0 Å². The van der Waals surface area contributed by atoms with Crippen molar-refractivity contribution in [2.75, 3.05) is 12.4 Å². The zero-order chi connectivity index (χ0) is 15.1. The topological polar surface area (TPSA) is 58.5 Å². The maximum Gasteiger partial charge on any atom is 0.191 e. The molecule has 0 aliphatic carbocycles. The number of aromatic nitrogens is 1. The number of rotatable bonds is 4. The monoisotopic (exact) mass is 300 g/mol. The fraction of sp³-hybridized carbons (Fsp3) is 0.133. The lowest BCUT2D eigenvalue weighted by atomic mass is 10.2. The number of pyridine rings is 1. The van der Waals surface area contributed by atoms with Gasteiger partial charge in [0, 0.05) is 23.6 Å². The van der Waals surface area contributed by atoms with Crippen molar-refractivity contribution in [2.24, 2.45) is 5.10 Å². The Morgan fingerprint density at radius 3 is 2.43 bits per heavy atom. The van der Waals surface area contributed by atoms with Crippen LogP contribution < -0.4 is 15.5 Å². The van der Waals surface area contributed by atoms with E-state index in [9.17, 15) is 0 Å². The van der Waals surface area contributed by atoms with Crippen LogP contribution in [0.15, 0.2) is 53.9 Å². The molecule has 0 amide bonds. The van der Waals surface area contributed by atoms with Gasteiger partial charge >= 0.3 is 0 Å². The summed E-state index contributed by atoms with van der Waals surface area (Å²) in [6, 6.07) is 11.3. The van der Waals surface area contributed by atoms with E-state index in [2.05, 4.69) is 20.8 Å². The van der Waals surface area contributed by atoms with Gasteiger partial charge in [-0.05, 0) is 55.5 Å². The molecule has 108 valence electrons. The lowest BCUT2D eigenvalue weighted by Gasteiger charge is -2.08. The van der Waals surface area contributed by atoms with Crippen molar-refractivity contribution in [1.29, 1.82) is 0 Å². The summed E-state index contributed by atoms with van der Waals surface area (Å²) in [5.74, 6) is 0.797. The summed E-state index contributed by atoms with van der Waals surface area (Å²) in [5.41, 5.74) is 5.50. The molecule has 1 aromatic heterocycles. The highest BCUT2D eigenvalue weighted by molar-refractivity contribution is 7.80. The van der Waals surface area contributed by atoms with Crippen molar-refractivity contribution in [3.8, 4) is 5.75 Å². The average molecular weight is 300 g/mol. The molecule has 0 fully saturated rings. The minimum absolute atomic E-state index is 0.425. The predicted molar refractivity (Wildman–Crippen MR) is 88.8 cm³/mol. The van der Waals surface area contributed by atoms with Crippen LogP contribution >= 0.6 is 12.2 Å². The summed E-state index contributed by atoms with van der Waals surface area (Å²) in [4.78, 5) is 3.97. The Kier molecular flexibility index (Phi) is 5.22. The molecule has 0 saturated heterocycles. The lowest BCUT2D eigenvalue weighted by Crippen LogP contribution is -2.24. The molecular formula is C15H16N4OS. The number of thiocarbonyl (C=S) groups is 1. The number of benzene rings is 1. The molecule has 0 saturated carbocycles. The lowest BCUT2D eigenvalue weighted by molar-refractivity contribution is 0.415. The van der Waals surface area contributed by atoms with Gasteiger partial charge in [0.1, 0.15) is 5.75 Å². The van der Waals surface area contributed by atoms with Gasteiger partial charge in [0.2, 0.25) is 0 Å². The smallest absolute Gasteiger partial charge is 0.191 e. The average Bonchev–Trinajstić information content (AvgIpc) is 2.54. The highest BCUT2D eigenvalue weighted by Gasteiger charge is 1.99. The van der Waals surface area contributed by atoms with Crippen LogP contribution in [0.2, 0.25) is 0 Å². The Hall–Kier alpha value is -2.47. The highest BCUT2D eigenvalue weighted by atomic mass is 32.1. The number of hydrogen-bond donors (Lipinski definition) is 2. The largest absolute Gasteiger partial charge is 0.497 e. The second-order valence-corrected chi connectivity index (χ2v) is 4.64. The summed E-state index contributed by atoms with van der Waals surface area (Å²) in [7, 11) is 1.63. The Balaban J connectivity index is 1.92. The van der Waals surface area contributed by atoms with Crippen molar-refractivity contribution in [3.63, 3.8) is 0 Å². The summed E-state index contributed by atoms with van der Waals surface area (Å²) in [5, 5.41) is 7.70. The number of hydrazone groups is 1. The Morgan fingerprint density at radius 2 is 1.81 bits per heavy atom. The molecule has 0 aliphatic heterocycles. The Bertz CT molecular complexity index is 626. The predicted octanol–water partition coefficient (Wildman–Crippen LogP) is 2.80. The molecule has 5 nitrogen and oxygen atoms in total. The molecule has 6 heteroatoms. The fourth-order valence-electron chi connectivity index (χ4n) is 1.63. The Labute approximate surface area is 129 Å². The van der Waals surface area contributed by atoms with Crippen molar-refractivity contribution >= 4 is 28.7 Å². The van der Waals surface area contributed by atoms with Crippen LogP contribution in [-0.4, -0.2) is 22.9 Å². The highest BCUT2D eigenvalue weighted by Crippen LogP contribution is 2.14. The van der Waals surface area contributed by atoms with Gasteiger partial charge in [-0.2, -0.15) is 5.10 Å². The van der Waals surface area contributed by atoms with Gasteiger partial charge in [-0.3, -0.25) is 10.4 Å². The maximum atomic E-state index is 5.19. The van der Waals surface area contributed by atoms with E-state index in [0.717, 1.165) is 22.7 Å². The van der Waals surface area contributed by atoms with E-state index in [1.807, 2.05) is 43.3 Å². The second kappa shape index (κ2) is 7.35. The van der Waals surface area contributed by atoms with Gasteiger partial charge < -0.3 is 10.1 Å². The molecule has 1 aromatic carbocycles. The third-order valence-electron chi connectivity index (χ3n) is 2.77. The van der Waals surface area contributed by atoms with E-state index in [0.29, 0.717) is 5.11 Å². The first-order valence-corrected chi connectivity index (χ1v) is 6.75. The molecule has 0 aliphatic rings. The number of nitrogens with zero attached hydrogens (tertiary/aromatic N) is 2. The minimum atomic E-state index is 0.425. The van der Waals surface area contributed by atoms with E-state index in [1.165, 1.54) is 0 Å². The van der Waals surface area contributed by atoms with Crippen LogP contribution in [0.1, 0.15) is 12.5 Å². The van der Waals surface area contributed by atoms with Crippen LogP contribution in [0.4, 0.5) is 5.69 Å². The summed E-state index contributed by atoms with van der Waals surface area (Å²) in [6.45, 7) is 1.90. The summed E-state index contributed by atoms with van der Waals surface area (Å²) < 4.78 is 5.10. The van der Waals surface area contributed by atoms with Crippen molar-refractivity contribution in [2.45, 2.75) is 6.92 Å². The third kappa shape index (κ3) is 4.54. The molecule has 0 unspecified atom stereocenters. The standard InChI is InChI=1S/C15H16N4OS/c1-11(12-7-9-16-10-8-12)18-19-15(21)17-13-3-5-14(20-2)6-4-13/h3-10H,1-2H3,(H2,17,19,21)/b18-11-. The number of anilines is 1. The van der Waals surface area contributed by atoms with Gasteiger partial charge in [0.25, 0.3) is 0 Å². The Morgan fingerprint density at radius 1 is 1.14 bits per heavy atom. The summed E-state index contributed by atoms with van der Waals surface area (Å²) in [6.07, 6.45) is 3.45. The zero-order valence-corrected chi connectivity index (χ0v) is 12.6. The van der Waals surface area contributed by atoms with Crippen molar-refractivity contribution < 1.29 is 4.74 Å².